The normalized spacial score (nSPS) is 11.1. The second-order valence-corrected chi connectivity index (χ2v) is 4.48. The van der Waals surface area contributed by atoms with Crippen LogP contribution in [0.25, 0.3) is 0 Å². The minimum atomic E-state index is -0.486. The Balaban J connectivity index is 2.17. The van der Waals surface area contributed by atoms with Crippen molar-refractivity contribution in [2.45, 2.75) is 5.75 Å². The molecular weight excluding hydrogens is 252 g/mol. The van der Waals surface area contributed by atoms with Gasteiger partial charge in [0, 0.05) is 31.3 Å². The fraction of sp³-hybridized carbons (Fsp3) is 0.364. The number of rotatable bonds is 8. The fourth-order valence-electron chi connectivity index (χ4n) is 1.22. The first kappa shape index (κ1) is 14.3. The highest BCUT2D eigenvalue weighted by Gasteiger charge is 1.99. The summed E-state index contributed by atoms with van der Waals surface area (Å²) in [5.74, 6) is 2.11. The van der Waals surface area contributed by atoms with Gasteiger partial charge in [0.05, 0.1) is 10.6 Å². The van der Waals surface area contributed by atoms with Crippen molar-refractivity contribution < 1.29 is 4.92 Å². The minimum Gasteiger partial charge on any atom is -0.370 e. The molecule has 2 N–H and O–H groups in total. The Morgan fingerprint density at radius 2 is 2.44 bits per heavy atom. The Kier molecular flexibility index (Phi) is 6.63. The molecule has 18 heavy (non-hydrogen) atoms. The Hall–Kier alpha value is -1.76. The van der Waals surface area contributed by atoms with Crippen molar-refractivity contribution in [1.82, 2.24) is 15.6 Å². The molecule has 6 nitrogen and oxygen atoms in total. The molecule has 98 valence electrons. The van der Waals surface area contributed by atoms with Crippen molar-refractivity contribution in [1.29, 1.82) is 0 Å². The molecule has 0 aromatic carbocycles. The van der Waals surface area contributed by atoms with Crippen LogP contribution >= 0.6 is 11.8 Å². The van der Waals surface area contributed by atoms with E-state index in [4.69, 9.17) is 0 Å². The Morgan fingerprint density at radius 3 is 3.06 bits per heavy atom. The number of thioether (sulfide) groups is 1. The Morgan fingerprint density at radius 1 is 1.61 bits per heavy atom. The van der Waals surface area contributed by atoms with E-state index >= 15 is 0 Å². The van der Waals surface area contributed by atoms with Gasteiger partial charge in [-0.15, -0.1) is 0 Å². The Labute approximate surface area is 110 Å². The minimum absolute atomic E-state index is 0.415. The first-order chi connectivity index (χ1) is 8.72. The molecular formula is C11H16N4O2S. The van der Waals surface area contributed by atoms with Gasteiger partial charge >= 0.3 is 0 Å². The molecule has 7 heteroatoms. The largest absolute Gasteiger partial charge is 0.370 e. The van der Waals surface area contributed by atoms with E-state index in [2.05, 4.69) is 15.6 Å². The standard InChI is InChI=1S/C11H16N4O2S/c1-12-11(8-15(16)17)14-6-7-18-9-10-4-2-3-5-13-10/h2-5,8,12,14H,6-7,9H2,1H3/b11-8-. The van der Waals surface area contributed by atoms with Gasteiger partial charge in [0.1, 0.15) is 0 Å². The lowest BCUT2D eigenvalue weighted by Crippen LogP contribution is -2.26. The molecule has 0 aliphatic rings. The zero-order valence-electron chi connectivity index (χ0n) is 10.1. The molecule has 1 aromatic rings. The number of aromatic nitrogens is 1. The molecule has 0 radical (unpaired) electrons. The van der Waals surface area contributed by atoms with Gasteiger partial charge in [0.2, 0.25) is 0 Å². The lowest BCUT2D eigenvalue weighted by molar-refractivity contribution is -0.404. The van der Waals surface area contributed by atoms with Gasteiger partial charge in [0.15, 0.2) is 5.82 Å². The second-order valence-electron chi connectivity index (χ2n) is 3.38. The maximum Gasteiger partial charge on any atom is 0.274 e. The molecule has 0 aliphatic heterocycles. The zero-order valence-corrected chi connectivity index (χ0v) is 10.9. The maximum atomic E-state index is 10.3. The van der Waals surface area contributed by atoms with Crippen LogP contribution < -0.4 is 10.6 Å². The predicted octanol–water partition coefficient (Wildman–Crippen LogP) is 1.20. The summed E-state index contributed by atoms with van der Waals surface area (Å²) in [6.45, 7) is 0.665. The third-order valence-electron chi connectivity index (χ3n) is 2.04. The quantitative estimate of drug-likeness (QED) is 0.419. The van der Waals surface area contributed by atoms with Crippen LogP contribution in [0.4, 0.5) is 0 Å². The molecule has 0 saturated carbocycles. The van der Waals surface area contributed by atoms with Crippen molar-refractivity contribution in [2.75, 3.05) is 19.3 Å². The average Bonchev–Trinajstić information content (AvgIpc) is 2.37. The molecule has 0 aliphatic carbocycles. The molecule has 0 bridgehead atoms. The van der Waals surface area contributed by atoms with E-state index in [-0.39, 0.29) is 0 Å². The summed E-state index contributed by atoms with van der Waals surface area (Å²) in [4.78, 5) is 14.0. The van der Waals surface area contributed by atoms with Gasteiger partial charge in [-0.05, 0) is 12.1 Å². The first-order valence-corrected chi connectivity index (χ1v) is 6.62. The summed E-state index contributed by atoms with van der Waals surface area (Å²) in [6, 6.07) is 5.82. The summed E-state index contributed by atoms with van der Waals surface area (Å²) in [7, 11) is 1.64. The van der Waals surface area contributed by atoms with Crippen molar-refractivity contribution in [3.05, 3.63) is 52.2 Å². The summed E-state index contributed by atoms with van der Waals surface area (Å²) < 4.78 is 0. The van der Waals surface area contributed by atoms with Gasteiger partial charge in [-0.2, -0.15) is 11.8 Å². The highest BCUT2D eigenvalue weighted by atomic mass is 32.2. The Bertz CT molecular complexity index is 397. The number of hydrogen-bond donors (Lipinski definition) is 2. The summed E-state index contributed by atoms with van der Waals surface area (Å²) in [5, 5.41) is 16.0. The summed E-state index contributed by atoms with van der Waals surface area (Å²) >= 11 is 1.73. The van der Waals surface area contributed by atoms with Crippen molar-refractivity contribution in [2.24, 2.45) is 0 Å². The zero-order chi connectivity index (χ0) is 13.2. The number of nitrogens with zero attached hydrogens (tertiary/aromatic N) is 2. The van der Waals surface area contributed by atoms with E-state index in [0.29, 0.717) is 12.4 Å². The van der Waals surface area contributed by atoms with E-state index in [1.165, 1.54) is 0 Å². The highest BCUT2D eigenvalue weighted by molar-refractivity contribution is 7.98. The molecule has 0 saturated heterocycles. The molecule has 1 heterocycles. The molecule has 0 spiro atoms. The topological polar surface area (TPSA) is 80.1 Å². The molecule has 0 unspecified atom stereocenters. The average molecular weight is 268 g/mol. The molecule has 0 amide bonds. The van der Waals surface area contributed by atoms with Crippen LogP contribution in [0.2, 0.25) is 0 Å². The summed E-state index contributed by atoms with van der Waals surface area (Å²) in [5.41, 5.74) is 1.04. The van der Waals surface area contributed by atoms with Crippen LogP contribution in [0, 0.1) is 10.1 Å². The van der Waals surface area contributed by atoms with Crippen LogP contribution in [0.15, 0.2) is 36.4 Å². The lowest BCUT2D eigenvalue weighted by Gasteiger charge is -2.07. The SMILES string of the molecule is CN/C(=C/[N+](=O)[O-])NCCSCc1ccccn1. The smallest absolute Gasteiger partial charge is 0.274 e. The molecule has 1 rings (SSSR count). The second kappa shape index (κ2) is 8.35. The maximum absolute atomic E-state index is 10.3. The van der Waals surface area contributed by atoms with E-state index in [9.17, 15) is 10.1 Å². The van der Waals surface area contributed by atoms with Crippen molar-refractivity contribution >= 4 is 11.8 Å². The predicted molar refractivity (Wildman–Crippen MR) is 72.5 cm³/mol. The number of hydrogen-bond acceptors (Lipinski definition) is 6. The van der Waals surface area contributed by atoms with Gasteiger partial charge in [-0.3, -0.25) is 15.1 Å². The van der Waals surface area contributed by atoms with Crippen LogP contribution in [-0.2, 0) is 5.75 Å². The van der Waals surface area contributed by atoms with Crippen LogP contribution in [-0.4, -0.2) is 29.3 Å². The van der Waals surface area contributed by atoms with Crippen LogP contribution in [0.1, 0.15) is 5.69 Å². The van der Waals surface area contributed by atoms with Crippen LogP contribution in [0.5, 0.6) is 0 Å². The monoisotopic (exact) mass is 268 g/mol. The van der Waals surface area contributed by atoms with E-state index < -0.39 is 4.92 Å². The van der Waals surface area contributed by atoms with Gasteiger partial charge in [-0.1, -0.05) is 6.07 Å². The van der Waals surface area contributed by atoms with E-state index in [0.717, 1.165) is 23.4 Å². The number of nitro groups is 1. The van der Waals surface area contributed by atoms with Crippen molar-refractivity contribution in [3.63, 3.8) is 0 Å². The first-order valence-electron chi connectivity index (χ1n) is 5.47. The summed E-state index contributed by atoms with van der Waals surface area (Å²) in [6.07, 6.45) is 2.69. The van der Waals surface area contributed by atoms with E-state index in [1.54, 1.807) is 25.0 Å². The molecule has 1 aromatic heterocycles. The number of pyridine rings is 1. The number of nitrogens with one attached hydrogen (secondary N) is 2. The van der Waals surface area contributed by atoms with E-state index in [1.807, 2.05) is 18.2 Å². The fourth-order valence-corrected chi connectivity index (χ4v) is 1.99. The highest BCUT2D eigenvalue weighted by Crippen LogP contribution is 2.08. The molecule has 0 fully saturated rings. The molecule has 0 atom stereocenters. The van der Waals surface area contributed by atoms with Crippen LogP contribution in [0.3, 0.4) is 0 Å². The third-order valence-corrected chi connectivity index (χ3v) is 3.03. The third kappa shape index (κ3) is 6.09. The van der Waals surface area contributed by atoms with Crippen molar-refractivity contribution in [3.8, 4) is 0 Å². The van der Waals surface area contributed by atoms with Gasteiger partial charge in [-0.25, -0.2) is 0 Å². The van der Waals surface area contributed by atoms with Gasteiger partial charge < -0.3 is 10.6 Å². The lowest BCUT2D eigenvalue weighted by atomic mass is 10.4. The van der Waals surface area contributed by atoms with Gasteiger partial charge in [0.25, 0.3) is 6.20 Å².